The number of rotatable bonds is 70. The Bertz CT molecular complexity index is 1320. The van der Waals surface area contributed by atoms with E-state index >= 15 is 0 Å². The SMILES string of the molecule is CCCCCCCC/C=C\CCCCCCCCCC(=O)OCC(COC(=O)CCCCCCCCCCCCCCCCCCCCCCCCCCCCCCC)OC(=O)CCCCCCCCC/C=C\CCCCCCCCC. The van der Waals surface area contributed by atoms with E-state index < -0.39 is 6.10 Å². The molecule has 0 radical (unpaired) electrons. The Kier molecular flexibility index (Phi) is 69.5. The van der Waals surface area contributed by atoms with Crippen LogP contribution < -0.4 is 0 Å². The fourth-order valence-corrected chi connectivity index (χ4v) is 11.6. The molecule has 0 spiro atoms. The number of ether oxygens (including phenoxy) is 3. The topological polar surface area (TPSA) is 78.9 Å². The molecule has 0 N–H and O–H groups in total. The van der Waals surface area contributed by atoms with Gasteiger partial charge in [-0.05, 0) is 70.6 Å². The maximum Gasteiger partial charge on any atom is 0.306 e. The third kappa shape index (κ3) is 68.7. The van der Waals surface area contributed by atoms with Crippen LogP contribution in [0.5, 0.6) is 0 Å². The van der Waals surface area contributed by atoms with Gasteiger partial charge in [-0.2, -0.15) is 0 Å². The van der Waals surface area contributed by atoms with Crippen LogP contribution in [0.25, 0.3) is 0 Å². The maximum absolute atomic E-state index is 13.0. The number of carbonyl (C=O) groups excluding carboxylic acids is 3. The van der Waals surface area contributed by atoms with Gasteiger partial charge in [0.1, 0.15) is 13.2 Å². The molecular weight excluding hydrogens is 1010 g/mol. The molecular formula is C76H144O6. The zero-order chi connectivity index (χ0) is 59.2. The van der Waals surface area contributed by atoms with Crippen molar-refractivity contribution >= 4 is 17.9 Å². The number of carbonyl (C=O) groups is 3. The van der Waals surface area contributed by atoms with E-state index in [1.165, 1.54) is 327 Å². The highest BCUT2D eigenvalue weighted by Crippen LogP contribution is 2.19. The molecule has 6 nitrogen and oxygen atoms in total. The van der Waals surface area contributed by atoms with Crippen LogP contribution in [0.4, 0.5) is 0 Å². The molecule has 0 aliphatic carbocycles. The first-order chi connectivity index (χ1) is 40.5. The van der Waals surface area contributed by atoms with Crippen molar-refractivity contribution in [2.75, 3.05) is 13.2 Å². The van der Waals surface area contributed by atoms with Crippen LogP contribution in [-0.2, 0) is 28.6 Å². The number of esters is 3. The van der Waals surface area contributed by atoms with Gasteiger partial charge in [0.2, 0.25) is 0 Å². The highest BCUT2D eigenvalue weighted by atomic mass is 16.6. The van der Waals surface area contributed by atoms with Crippen LogP contribution in [0, 0.1) is 0 Å². The van der Waals surface area contributed by atoms with Crippen LogP contribution in [0.15, 0.2) is 24.3 Å². The summed E-state index contributed by atoms with van der Waals surface area (Å²) in [4.78, 5) is 38.5. The molecule has 1 atom stereocenters. The number of hydrogen-bond acceptors (Lipinski definition) is 6. The Morgan fingerprint density at radius 2 is 0.402 bits per heavy atom. The van der Waals surface area contributed by atoms with E-state index in [9.17, 15) is 14.4 Å². The molecule has 0 rings (SSSR count). The molecule has 0 aromatic rings. The second kappa shape index (κ2) is 71.4. The second-order valence-corrected chi connectivity index (χ2v) is 25.6. The molecule has 82 heavy (non-hydrogen) atoms. The van der Waals surface area contributed by atoms with Crippen molar-refractivity contribution in [2.24, 2.45) is 0 Å². The molecule has 0 amide bonds. The summed E-state index contributed by atoms with van der Waals surface area (Å²) in [6, 6.07) is 0. The first-order valence-corrected chi connectivity index (χ1v) is 37.3. The Morgan fingerprint density at radius 3 is 0.610 bits per heavy atom. The summed E-state index contributed by atoms with van der Waals surface area (Å²) in [5, 5.41) is 0. The average molecular weight is 1150 g/mol. The first-order valence-electron chi connectivity index (χ1n) is 37.3. The monoisotopic (exact) mass is 1150 g/mol. The quantitative estimate of drug-likeness (QED) is 0.0261. The Hall–Kier alpha value is -2.11. The van der Waals surface area contributed by atoms with Crippen molar-refractivity contribution in [3.63, 3.8) is 0 Å². The smallest absolute Gasteiger partial charge is 0.306 e. The van der Waals surface area contributed by atoms with Crippen LogP contribution in [-0.4, -0.2) is 37.2 Å². The zero-order valence-electron chi connectivity index (χ0n) is 55.8. The van der Waals surface area contributed by atoms with Gasteiger partial charge < -0.3 is 14.2 Å². The summed E-state index contributed by atoms with van der Waals surface area (Å²) >= 11 is 0. The largest absolute Gasteiger partial charge is 0.462 e. The Balaban J connectivity index is 4.21. The molecule has 0 aromatic carbocycles. The number of allylic oxidation sites excluding steroid dienone is 4. The molecule has 0 bridgehead atoms. The van der Waals surface area contributed by atoms with Crippen molar-refractivity contribution in [3.05, 3.63) is 24.3 Å². The van der Waals surface area contributed by atoms with Gasteiger partial charge in [-0.1, -0.05) is 360 Å². The summed E-state index contributed by atoms with van der Waals surface area (Å²) in [5.74, 6) is -0.844. The minimum Gasteiger partial charge on any atom is -0.462 e. The minimum atomic E-state index is -0.774. The highest BCUT2D eigenvalue weighted by molar-refractivity contribution is 5.71. The van der Waals surface area contributed by atoms with E-state index in [0.717, 1.165) is 57.8 Å². The van der Waals surface area contributed by atoms with Gasteiger partial charge in [0.15, 0.2) is 6.10 Å². The number of hydrogen-bond donors (Lipinski definition) is 0. The lowest BCUT2D eigenvalue weighted by atomic mass is 10.0. The summed E-state index contributed by atoms with van der Waals surface area (Å²) in [7, 11) is 0. The van der Waals surface area contributed by atoms with E-state index in [-0.39, 0.29) is 31.1 Å². The van der Waals surface area contributed by atoms with E-state index in [2.05, 4.69) is 45.1 Å². The van der Waals surface area contributed by atoms with Crippen LogP contribution in [0.2, 0.25) is 0 Å². The molecule has 6 heteroatoms. The molecule has 0 fully saturated rings. The number of unbranched alkanes of at least 4 members (excludes halogenated alkanes) is 55. The van der Waals surface area contributed by atoms with Gasteiger partial charge in [-0.3, -0.25) is 14.4 Å². The van der Waals surface area contributed by atoms with E-state index in [1.54, 1.807) is 0 Å². The molecule has 0 aromatic heterocycles. The molecule has 484 valence electrons. The summed E-state index contributed by atoms with van der Waals surface area (Å²) in [6.07, 6.45) is 87.9. The van der Waals surface area contributed by atoms with Crippen LogP contribution >= 0.6 is 0 Å². The van der Waals surface area contributed by atoms with Crippen LogP contribution in [0.3, 0.4) is 0 Å². The molecule has 0 heterocycles. The van der Waals surface area contributed by atoms with Crippen LogP contribution in [0.1, 0.15) is 425 Å². The Labute approximate surface area is 513 Å². The third-order valence-electron chi connectivity index (χ3n) is 17.2. The van der Waals surface area contributed by atoms with Gasteiger partial charge in [0.25, 0.3) is 0 Å². The Morgan fingerprint density at radius 1 is 0.232 bits per heavy atom. The van der Waals surface area contributed by atoms with Crippen molar-refractivity contribution in [3.8, 4) is 0 Å². The van der Waals surface area contributed by atoms with Gasteiger partial charge >= 0.3 is 17.9 Å². The zero-order valence-corrected chi connectivity index (χ0v) is 55.8. The lowest BCUT2D eigenvalue weighted by molar-refractivity contribution is -0.167. The summed E-state index contributed by atoms with van der Waals surface area (Å²) in [5.41, 5.74) is 0. The van der Waals surface area contributed by atoms with Crippen molar-refractivity contribution in [2.45, 2.75) is 431 Å². The minimum absolute atomic E-state index is 0.0688. The van der Waals surface area contributed by atoms with Gasteiger partial charge in [-0.15, -0.1) is 0 Å². The summed E-state index contributed by atoms with van der Waals surface area (Å²) in [6.45, 7) is 6.72. The maximum atomic E-state index is 13.0. The molecule has 0 aliphatic heterocycles. The molecule has 1 unspecified atom stereocenters. The predicted octanol–water partition coefficient (Wildman–Crippen LogP) is 25.7. The lowest BCUT2D eigenvalue weighted by Gasteiger charge is -2.18. The van der Waals surface area contributed by atoms with E-state index in [0.29, 0.717) is 19.3 Å². The van der Waals surface area contributed by atoms with Gasteiger partial charge in [0, 0.05) is 19.3 Å². The van der Waals surface area contributed by atoms with Gasteiger partial charge in [0.05, 0.1) is 0 Å². The fourth-order valence-electron chi connectivity index (χ4n) is 11.6. The fraction of sp³-hybridized carbons (Fsp3) is 0.908. The van der Waals surface area contributed by atoms with E-state index in [4.69, 9.17) is 14.2 Å². The molecule has 0 aliphatic rings. The normalized spacial score (nSPS) is 12.1. The first kappa shape index (κ1) is 79.9. The average Bonchev–Trinajstić information content (AvgIpc) is 3.47. The van der Waals surface area contributed by atoms with Crippen molar-refractivity contribution in [1.82, 2.24) is 0 Å². The van der Waals surface area contributed by atoms with E-state index in [1.807, 2.05) is 0 Å². The highest BCUT2D eigenvalue weighted by Gasteiger charge is 2.20. The lowest BCUT2D eigenvalue weighted by Crippen LogP contribution is -2.30. The van der Waals surface area contributed by atoms with Crippen molar-refractivity contribution in [1.29, 1.82) is 0 Å². The predicted molar refractivity (Wildman–Crippen MR) is 358 cm³/mol. The molecule has 0 saturated heterocycles. The summed E-state index contributed by atoms with van der Waals surface area (Å²) < 4.78 is 17.0. The third-order valence-corrected chi connectivity index (χ3v) is 17.2. The van der Waals surface area contributed by atoms with Gasteiger partial charge in [-0.25, -0.2) is 0 Å². The second-order valence-electron chi connectivity index (χ2n) is 25.6. The molecule has 0 saturated carbocycles. The van der Waals surface area contributed by atoms with Crippen molar-refractivity contribution < 1.29 is 28.6 Å². The standard InChI is InChI=1S/C76H144O6/c1-4-7-10-13-16-19-22-25-28-31-33-34-35-36-37-38-39-40-41-42-43-46-48-51-54-57-60-63-66-69-75(78)81-72-73(71-80-74(77)68-65-62-59-56-53-50-47-44-30-27-24-21-18-15-12-9-6-3)82-76(79)70-67-64-61-58-55-52-49-45-32-29-26-23-20-17-14-11-8-5-2/h27,29-30,32,73H,4-26,28,31,33-72H2,1-3H3/b30-27-,32-29-.